The van der Waals surface area contributed by atoms with Gasteiger partial charge in [0.2, 0.25) is 0 Å². The van der Waals surface area contributed by atoms with Crippen molar-refractivity contribution in [3.05, 3.63) is 67.3 Å². The standard InChI is InChI=1S/C20H20N6/c1-15(14-26-12-4-9-23-26)13-22-20-17-5-2-3-6-18(17)24-19(25-20)16-7-10-21-11-8-16/h2-12,15H,13-14H2,1H3,(H,22,24,25). The first-order valence-electron chi connectivity index (χ1n) is 8.68. The van der Waals surface area contributed by atoms with Crippen molar-refractivity contribution in [3.8, 4) is 11.4 Å². The van der Waals surface area contributed by atoms with E-state index in [9.17, 15) is 0 Å². The van der Waals surface area contributed by atoms with E-state index in [0.717, 1.165) is 35.4 Å². The van der Waals surface area contributed by atoms with Gasteiger partial charge in [0.1, 0.15) is 5.82 Å². The Labute approximate surface area is 152 Å². The van der Waals surface area contributed by atoms with Crippen LogP contribution >= 0.6 is 0 Å². The van der Waals surface area contributed by atoms with E-state index in [-0.39, 0.29) is 0 Å². The lowest BCUT2D eigenvalue weighted by Gasteiger charge is -2.15. The van der Waals surface area contributed by atoms with Gasteiger partial charge < -0.3 is 5.32 Å². The lowest BCUT2D eigenvalue weighted by atomic mass is 10.1. The van der Waals surface area contributed by atoms with E-state index in [1.807, 2.05) is 53.3 Å². The quantitative estimate of drug-likeness (QED) is 0.578. The minimum atomic E-state index is 0.410. The van der Waals surface area contributed by atoms with Gasteiger partial charge in [0.05, 0.1) is 5.52 Å². The van der Waals surface area contributed by atoms with Crippen LogP contribution in [0.5, 0.6) is 0 Å². The van der Waals surface area contributed by atoms with Gasteiger partial charge in [-0.05, 0) is 36.2 Å². The van der Waals surface area contributed by atoms with Gasteiger partial charge in [-0.2, -0.15) is 5.10 Å². The zero-order chi connectivity index (χ0) is 17.8. The number of para-hydroxylation sites is 1. The van der Waals surface area contributed by atoms with Crippen molar-refractivity contribution in [2.75, 3.05) is 11.9 Å². The topological polar surface area (TPSA) is 68.5 Å². The number of nitrogens with zero attached hydrogens (tertiary/aromatic N) is 5. The van der Waals surface area contributed by atoms with Crippen LogP contribution in [0.25, 0.3) is 22.3 Å². The molecule has 130 valence electrons. The first-order chi connectivity index (χ1) is 12.8. The molecule has 6 nitrogen and oxygen atoms in total. The van der Waals surface area contributed by atoms with E-state index in [4.69, 9.17) is 9.97 Å². The van der Waals surface area contributed by atoms with Gasteiger partial charge in [-0.25, -0.2) is 9.97 Å². The summed E-state index contributed by atoms with van der Waals surface area (Å²) in [5.41, 5.74) is 1.88. The fourth-order valence-electron chi connectivity index (χ4n) is 2.90. The number of anilines is 1. The molecule has 0 radical (unpaired) electrons. The molecule has 1 atom stereocenters. The number of benzene rings is 1. The average Bonchev–Trinajstić information content (AvgIpc) is 3.19. The van der Waals surface area contributed by atoms with E-state index in [0.29, 0.717) is 11.7 Å². The Hall–Kier alpha value is -3.28. The van der Waals surface area contributed by atoms with Crippen molar-refractivity contribution < 1.29 is 0 Å². The first kappa shape index (κ1) is 16.2. The minimum Gasteiger partial charge on any atom is -0.369 e. The zero-order valence-corrected chi connectivity index (χ0v) is 14.6. The molecule has 4 rings (SSSR count). The van der Waals surface area contributed by atoms with Crippen molar-refractivity contribution in [3.63, 3.8) is 0 Å². The van der Waals surface area contributed by atoms with Crippen LogP contribution in [0.1, 0.15) is 6.92 Å². The number of nitrogens with one attached hydrogen (secondary N) is 1. The molecule has 1 unspecified atom stereocenters. The summed E-state index contributed by atoms with van der Waals surface area (Å²) in [6, 6.07) is 13.9. The van der Waals surface area contributed by atoms with Crippen LogP contribution in [0.2, 0.25) is 0 Å². The largest absolute Gasteiger partial charge is 0.369 e. The third-order valence-electron chi connectivity index (χ3n) is 4.22. The lowest BCUT2D eigenvalue weighted by Crippen LogP contribution is -2.18. The van der Waals surface area contributed by atoms with E-state index in [2.05, 4.69) is 22.3 Å². The maximum Gasteiger partial charge on any atom is 0.162 e. The number of fused-ring (bicyclic) bond motifs is 1. The molecule has 0 aliphatic heterocycles. The Morgan fingerprint density at radius 3 is 2.65 bits per heavy atom. The highest BCUT2D eigenvalue weighted by Crippen LogP contribution is 2.24. The molecule has 3 heterocycles. The molecule has 26 heavy (non-hydrogen) atoms. The molecule has 0 aliphatic carbocycles. The fourth-order valence-corrected chi connectivity index (χ4v) is 2.90. The molecule has 0 bridgehead atoms. The molecular weight excluding hydrogens is 324 g/mol. The van der Waals surface area contributed by atoms with Gasteiger partial charge in [-0.15, -0.1) is 0 Å². The number of hydrogen-bond acceptors (Lipinski definition) is 5. The van der Waals surface area contributed by atoms with Crippen molar-refractivity contribution in [2.45, 2.75) is 13.5 Å². The Balaban J connectivity index is 1.60. The number of aromatic nitrogens is 5. The predicted octanol–water partition coefficient (Wildman–Crippen LogP) is 3.64. The second-order valence-corrected chi connectivity index (χ2v) is 6.36. The molecular formula is C20H20N6. The van der Waals surface area contributed by atoms with E-state index in [1.165, 1.54) is 0 Å². The second-order valence-electron chi connectivity index (χ2n) is 6.36. The smallest absolute Gasteiger partial charge is 0.162 e. The third-order valence-corrected chi connectivity index (χ3v) is 4.22. The Bertz CT molecular complexity index is 982. The molecule has 4 aromatic rings. The second kappa shape index (κ2) is 7.31. The van der Waals surface area contributed by atoms with Crippen LogP contribution in [0.4, 0.5) is 5.82 Å². The summed E-state index contributed by atoms with van der Waals surface area (Å²) in [4.78, 5) is 13.5. The number of pyridine rings is 1. The van der Waals surface area contributed by atoms with Gasteiger partial charge in [-0.1, -0.05) is 19.1 Å². The number of hydrogen-bond donors (Lipinski definition) is 1. The highest BCUT2D eigenvalue weighted by atomic mass is 15.3. The molecule has 0 saturated heterocycles. The SMILES string of the molecule is CC(CNc1nc(-c2ccncc2)nc2ccccc12)Cn1cccn1. The monoisotopic (exact) mass is 344 g/mol. The Morgan fingerprint density at radius 1 is 1.00 bits per heavy atom. The molecule has 0 aliphatic rings. The van der Waals surface area contributed by atoms with Crippen molar-refractivity contribution >= 4 is 16.7 Å². The molecule has 1 aromatic carbocycles. The maximum absolute atomic E-state index is 4.77. The zero-order valence-electron chi connectivity index (χ0n) is 14.6. The highest BCUT2D eigenvalue weighted by molar-refractivity contribution is 5.90. The van der Waals surface area contributed by atoms with E-state index < -0.39 is 0 Å². The van der Waals surface area contributed by atoms with Crippen molar-refractivity contribution in [1.82, 2.24) is 24.7 Å². The summed E-state index contributed by atoms with van der Waals surface area (Å²) in [5, 5.41) is 8.80. The molecule has 3 aromatic heterocycles. The third kappa shape index (κ3) is 3.54. The highest BCUT2D eigenvalue weighted by Gasteiger charge is 2.10. The number of rotatable bonds is 6. The van der Waals surface area contributed by atoms with Crippen LogP contribution in [-0.2, 0) is 6.54 Å². The average molecular weight is 344 g/mol. The van der Waals surface area contributed by atoms with Gasteiger partial charge in [0.15, 0.2) is 5.82 Å². The molecule has 0 spiro atoms. The van der Waals surface area contributed by atoms with Crippen LogP contribution in [0, 0.1) is 5.92 Å². The first-order valence-corrected chi connectivity index (χ1v) is 8.68. The molecule has 6 heteroatoms. The summed E-state index contributed by atoms with van der Waals surface area (Å²) in [7, 11) is 0. The van der Waals surface area contributed by atoms with Crippen LogP contribution in [0.3, 0.4) is 0 Å². The Morgan fingerprint density at radius 2 is 1.85 bits per heavy atom. The molecule has 0 fully saturated rings. The van der Waals surface area contributed by atoms with E-state index in [1.54, 1.807) is 18.6 Å². The van der Waals surface area contributed by atoms with Gasteiger partial charge in [0, 0.05) is 48.8 Å². The van der Waals surface area contributed by atoms with Crippen LogP contribution < -0.4 is 5.32 Å². The normalized spacial score (nSPS) is 12.2. The Kier molecular flexibility index (Phi) is 4.55. The lowest BCUT2D eigenvalue weighted by molar-refractivity contribution is 0.467. The van der Waals surface area contributed by atoms with E-state index >= 15 is 0 Å². The molecule has 1 N–H and O–H groups in total. The van der Waals surface area contributed by atoms with Gasteiger partial charge in [0.25, 0.3) is 0 Å². The van der Waals surface area contributed by atoms with Crippen LogP contribution in [-0.4, -0.2) is 31.3 Å². The van der Waals surface area contributed by atoms with Gasteiger partial charge >= 0.3 is 0 Å². The maximum atomic E-state index is 4.77. The van der Waals surface area contributed by atoms with Crippen LogP contribution in [0.15, 0.2) is 67.3 Å². The van der Waals surface area contributed by atoms with Crippen molar-refractivity contribution in [1.29, 1.82) is 0 Å². The molecule has 0 saturated carbocycles. The van der Waals surface area contributed by atoms with Gasteiger partial charge in [-0.3, -0.25) is 9.67 Å². The van der Waals surface area contributed by atoms with Crippen molar-refractivity contribution in [2.24, 2.45) is 5.92 Å². The summed E-state index contributed by atoms with van der Waals surface area (Å²) in [6.45, 7) is 3.86. The minimum absolute atomic E-state index is 0.410. The fraction of sp³-hybridized carbons (Fsp3) is 0.200. The summed E-state index contributed by atoms with van der Waals surface area (Å²) < 4.78 is 1.95. The molecule has 0 amide bonds. The predicted molar refractivity (Wildman–Crippen MR) is 103 cm³/mol. The summed E-state index contributed by atoms with van der Waals surface area (Å²) >= 11 is 0. The summed E-state index contributed by atoms with van der Waals surface area (Å²) in [5.74, 6) is 1.97. The summed E-state index contributed by atoms with van der Waals surface area (Å²) in [6.07, 6.45) is 7.30.